The summed E-state index contributed by atoms with van der Waals surface area (Å²) in [7, 11) is 0. The van der Waals surface area contributed by atoms with Gasteiger partial charge in [-0.3, -0.25) is 9.63 Å². The molecule has 0 aromatic carbocycles. The number of carbonyl (C=O) groups is 1. The van der Waals surface area contributed by atoms with Crippen molar-refractivity contribution in [2.75, 3.05) is 13.2 Å². The quantitative estimate of drug-likeness (QED) is 0.602. The molecule has 1 fully saturated rings. The first-order chi connectivity index (χ1) is 8.36. The molecule has 1 aromatic heterocycles. The van der Waals surface area contributed by atoms with Gasteiger partial charge in [0.25, 0.3) is 5.91 Å². The molecule has 1 unspecified atom stereocenters. The van der Waals surface area contributed by atoms with E-state index in [0.717, 1.165) is 31.4 Å². The molecule has 1 aliphatic rings. The van der Waals surface area contributed by atoms with Crippen LogP contribution >= 0.6 is 0 Å². The number of rotatable bonds is 6. The Bertz CT molecular complexity index is 330. The molecule has 17 heavy (non-hydrogen) atoms. The van der Waals surface area contributed by atoms with Crippen LogP contribution in [0.3, 0.4) is 0 Å². The Morgan fingerprint density at radius 2 is 2.53 bits per heavy atom. The zero-order chi connectivity index (χ0) is 11.9. The van der Waals surface area contributed by atoms with Gasteiger partial charge in [-0.05, 0) is 31.4 Å². The van der Waals surface area contributed by atoms with Gasteiger partial charge in [-0.25, -0.2) is 5.48 Å². The maximum atomic E-state index is 11.5. The fourth-order valence-electron chi connectivity index (χ4n) is 1.75. The number of amides is 1. The van der Waals surface area contributed by atoms with Crippen molar-refractivity contribution in [3.63, 3.8) is 0 Å². The molecule has 0 bridgehead atoms. The Kier molecular flexibility index (Phi) is 4.58. The van der Waals surface area contributed by atoms with Crippen LogP contribution in [0.1, 0.15) is 25.0 Å². The van der Waals surface area contributed by atoms with Crippen molar-refractivity contribution in [1.82, 2.24) is 5.48 Å². The molecule has 2 rings (SSSR count). The summed E-state index contributed by atoms with van der Waals surface area (Å²) >= 11 is 0. The average molecular weight is 239 g/mol. The van der Waals surface area contributed by atoms with Crippen molar-refractivity contribution in [1.29, 1.82) is 0 Å². The van der Waals surface area contributed by atoms with Crippen molar-refractivity contribution in [2.45, 2.75) is 31.8 Å². The van der Waals surface area contributed by atoms with Crippen LogP contribution in [0.25, 0.3) is 0 Å². The summed E-state index contributed by atoms with van der Waals surface area (Å²) in [6.45, 7) is 1.13. The largest absolute Gasteiger partial charge is 0.469 e. The molecular weight excluding hydrogens is 222 g/mol. The molecule has 1 N–H and O–H groups in total. The van der Waals surface area contributed by atoms with Crippen molar-refractivity contribution < 1.29 is 18.8 Å². The predicted octanol–water partition coefficient (Wildman–Crippen LogP) is 1.44. The van der Waals surface area contributed by atoms with Crippen LogP contribution < -0.4 is 5.48 Å². The Morgan fingerprint density at radius 1 is 1.59 bits per heavy atom. The van der Waals surface area contributed by atoms with E-state index in [1.54, 1.807) is 6.26 Å². The second-order valence-corrected chi connectivity index (χ2v) is 4.00. The highest BCUT2D eigenvalue weighted by Crippen LogP contribution is 2.11. The number of carbonyl (C=O) groups excluding carboxylic acids is 1. The van der Waals surface area contributed by atoms with Gasteiger partial charge in [0.05, 0.1) is 12.9 Å². The monoisotopic (exact) mass is 239 g/mol. The van der Waals surface area contributed by atoms with E-state index in [4.69, 9.17) is 14.0 Å². The molecule has 94 valence electrons. The second kappa shape index (κ2) is 6.42. The van der Waals surface area contributed by atoms with Crippen molar-refractivity contribution in [3.05, 3.63) is 24.2 Å². The molecule has 1 amide bonds. The summed E-state index contributed by atoms with van der Waals surface area (Å²) in [4.78, 5) is 16.5. The van der Waals surface area contributed by atoms with Gasteiger partial charge in [-0.15, -0.1) is 0 Å². The molecule has 1 atom stereocenters. The van der Waals surface area contributed by atoms with Crippen LogP contribution in [-0.2, 0) is 20.8 Å². The lowest BCUT2D eigenvalue weighted by atomic mass is 10.2. The van der Waals surface area contributed by atoms with Crippen LogP contribution in [0.15, 0.2) is 22.8 Å². The molecular formula is C12H17NO4. The van der Waals surface area contributed by atoms with Crippen LogP contribution in [0.5, 0.6) is 0 Å². The summed E-state index contributed by atoms with van der Waals surface area (Å²) in [6.07, 6.45) is 4.65. The minimum absolute atomic E-state index is 0.180. The van der Waals surface area contributed by atoms with Crippen molar-refractivity contribution in [3.8, 4) is 0 Å². The summed E-state index contributed by atoms with van der Waals surface area (Å²) in [6, 6.07) is 3.78. The summed E-state index contributed by atoms with van der Waals surface area (Å²) in [5, 5.41) is 0. The zero-order valence-corrected chi connectivity index (χ0v) is 9.69. The third kappa shape index (κ3) is 3.87. The molecule has 1 saturated heterocycles. The van der Waals surface area contributed by atoms with Crippen LogP contribution in [-0.4, -0.2) is 25.2 Å². The normalized spacial score (nSPS) is 19.4. The zero-order valence-electron chi connectivity index (χ0n) is 9.69. The highest BCUT2D eigenvalue weighted by Gasteiger charge is 2.23. The fourth-order valence-corrected chi connectivity index (χ4v) is 1.75. The Hall–Kier alpha value is -1.33. The van der Waals surface area contributed by atoms with Crippen molar-refractivity contribution in [2.24, 2.45) is 0 Å². The van der Waals surface area contributed by atoms with Gasteiger partial charge in [-0.2, -0.15) is 0 Å². The maximum absolute atomic E-state index is 11.5. The molecule has 1 aliphatic heterocycles. The summed E-state index contributed by atoms with van der Waals surface area (Å²) in [5.74, 6) is 0.750. The molecule has 0 spiro atoms. The highest BCUT2D eigenvalue weighted by atomic mass is 16.7. The van der Waals surface area contributed by atoms with E-state index < -0.39 is 0 Å². The second-order valence-electron chi connectivity index (χ2n) is 4.00. The SMILES string of the molecule is O=C(NOCCCc1ccco1)C1CCCO1. The van der Waals surface area contributed by atoms with E-state index in [0.29, 0.717) is 13.2 Å². The van der Waals surface area contributed by atoms with Gasteiger partial charge >= 0.3 is 0 Å². The number of aryl methyl sites for hydroxylation is 1. The first-order valence-corrected chi connectivity index (χ1v) is 5.92. The average Bonchev–Trinajstić information content (AvgIpc) is 3.01. The van der Waals surface area contributed by atoms with E-state index >= 15 is 0 Å². The fraction of sp³-hybridized carbons (Fsp3) is 0.583. The molecule has 5 heteroatoms. The van der Waals surface area contributed by atoms with Gasteiger partial charge in [-0.1, -0.05) is 0 Å². The predicted molar refractivity (Wildman–Crippen MR) is 60.1 cm³/mol. The number of ether oxygens (including phenoxy) is 1. The van der Waals surface area contributed by atoms with E-state index in [-0.39, 0.29) is 12.0 Å². The third-order valence-electron chi connectivity index (χ3n) is 2.64. The van der Waals surface area contributed by atoms with Crippen LogP contribution in [0, 0.1) is 0 Å². The first-order valence-electron chi connectivity index (χ1n) is 5.92. The van der Waals surface area contributed by atoms with Crippen LogP contribution in [0.4, 0.5) is 0 Å². The van der Waals surface area contributed by atoms with Gasteiger partial charge in [0.1, 0.15) is 11.9 Å². The number of furan rings is 1. The van der Waals surface area contributed by atoms with Gasteiger partial charge in [0, 0.05) is 13.0 Å². The Labute approximate surface area is 100 Å². The highest BCUT2D eigenvalue weighted by molar-refractivity contribution is 5.79. The number of nitrogens with one attached hydrogen (secondary N) is 1. The van der Waals surface area contributed by atoms with E-state index in [1.165, 1.54) is 0 Å². The molecule has 0 radical (unpaired) electrons. The van der Waals surface area contributed by atoms with Gasteiger partial charge in [0.2, 0.25) is 0 Å². The standard InChI is InChI=1S/C12H17NO4/c14-12(11-6-3-8-16-11)13-17-9-2-5-10-4-1-7-15-10/h1,4,7,11H,2-3,5-6,8-9H2,(H,13,14). The maximum Gasteiger partial charge on any atom is 0.272 e. The topological polar surface area (TPSA) is 60.7 Å². The smallest absolute Gasteiger partial charge is 0.272 e. The van der Waals surface area contributed by atoms with Gasteiger partial charge in [0.15, 0.2) is 0 Å². The molecule has 0 saturated carbocycles. The van der Waals surface area contributed by atoms with Crippen molar-refractivity contribution >= 4 is 5.91 Å². The first kappa shape index (κ1) is 12.1. The lowest BCUT2D eigenvalue weighted by Crippen LogP contribution is -2.34. The third-order valence-corrected chi connectivity index (χ3v) is 2.64. The lowest BCUT2D eigenvalue weighted by molar-refractivity contribution is -0.143. The number of hydroxylamine groups is 1. The summed E-state index contributed by atoms with van der Waals surface area (Å²) in [5.41, 5.74) is 2.41. The molecule has 5 nitrogen and oxygen atoms in total. The summed E-state index contributed by atoms with van der Waals surface area (Å²) < 4.78 is 10.4. The number of hydrogen-bond acceptors (Lipinski definition) is 4. The van der Waals surface area contributed by atoms with E-state index in [1.807, 2.05) is 12.1 Å². The van der Waals surface area contributed by atoms with E-state index in [2.05, 4.69) is 5.48 Å². The van der Waals surface area contributed by atoms with E-state index in [9.17, 15) is 4.79 Å². The van der Waals surface area contributed by atoms with Gasteiger partial charge < -0.3 is 9.15 Å². The molecule has 2 heterocycles. The molecule has 0 aliphatic carbocycles. The Morgan fingerprint density at radius 3 is 3.24 bits per heavy atom. The lowest BCUT2D eigenvalue weighted by Gasteiger charge is -2.09. The van der Waals surface area contributed by atoms with Crippen LogP contribution in [0.2, 0.25) is 0 Å². The Balaban J connectivity index is 1.52. The number of hydrogen-bond donors (Lipinski definition) is 1. The minimum Gasteiger partial charge on any atom is -0.469 e. The minimum atomic E-state index is -0.333. The molecule has 1 aromatic rings.